The molecule has 0 rings (SSSR count). The number of carbonyl (C=O) groups is 3. The topological polar surface area (TPSA) is 111 Å². The second-order valence-corrected chi connectivity index (χ2v) is 26.2. The maximum atomic E-state index is 13.0. The minimum Gasteiger partial charge on any atom is -0.545 e. The SMILES string of the molecule is CC/C=C\C/C=C\C/C=C\C/C=C\C/C=C\CCCCCCCCCCCCCCCCCC(=O)OC(COC(=O)CCCCCCCCCCCCCCCCCCCC/C=C\C/C=C\C/C=C\CCCCCCC)COC(OCC[N+](C)(C)C)C(=O)[O-]. The van der Waals surface area contributed by atoms with E-state index in [0.29, 0.717) is 23.9 Å². The van der Waals surface area contributed by atoms with Crippen LogP contribution in [0, 0.1) is 0 Å². The lowest BCUT2D eigenvalue weighted by atomic mass is 10.0. The third-order valence-electron chi connectivity index (χ3n) is 16.3. The number of nitrogens with zero attached hydrogens (tertiary/aromatic N) is 1. The van der Waals surface area contributed by atoms with Crippen molar-refractivity contribution in [2.45, 2.75) is 347 Å². The third-order valence-corrected chi connectivity index (χ3v) is 16.3. The summed E-state index contributed by atoms with van der Waals surface area (Å²) >= 11 is 0. The van der Waals surface area contributed by atoms with E-state index in [0.717, 1.165) is 83.5 Å². The first kappa shape index (κ1) is 85.2. The number of aliphatic carboxylic acids is 1. The number of allylic oxidation sites excluding steroid dienone is 16. The van der Waals surface area contributed by atoms with Gasteiger partial charge >= 0.3 is 11.9 Å². The van der Waals surface area contributed by atoms with Gasteiger partial charge in [-0.3, -0.25) is 9.59 Å². The molecule has 0 radical (unpaired) electrons. The molecule has 0 aliphatic heterocycles. The Labute approximate surface area is 550 Å². The van der Waals surface area contributed by atoms with Crippen molar-refractivity contribution in [3.63, 3.8) is 0 Å². The molecule has 0 saturated carbocycles. The summed E-state index contributed by atoms with van der Waals surface area (Å²) < 4.78 is 22.8. The molecule has 0 amide bonds. The summed E-state index contributed by atoms with van der Waals surface area (Å²) in [6, 6.07) is 0. The van der Waals surface area contributed by atoms with E-state index in [2.05, 4.69) is 111 Å². The number of unbranched alkanes of at least 4 members (excludes halogenated alkanes) is 38. The summed E-state index contributed by atoms with van der Waals surface area (Å²) in [4.78, 5) is 37.6. The van der Waals surface area contributed by atoms with Crippen molar-refractivity contribution in [3.8, 4) is 0 Å². The molecule has 2 atom stereocenters. The summed E-state index contributed by atoms with van der Waals surface area (Å²) in [5.74, 6) is -2.27. The van der Waals surface area contributed by atoms with E-state index < -0.39 is 24.3 Å². The quantitative estimate of drug-likeness (QED) is 0.0195. The summed E-state index contributed by atoms with van der Waals surface area (Å²) in [5.41, 5.74) is 0. The van der Waals surface area contributed by atoms with Crippen molar-refractivity contribution in [3.05, 3.63) is 97.2 Å². The van der Waals surface area contributed by atoms with Gasteiger partial charge < -0.3 is 33.3 Å². The van der Waals surface area contributed by atoms with Gasteiger partial charge in [-0.2, -0.15) is 0 Å². The average molecular weight is 1250 g/mol. The van der Waals surface area contributed by atoms with Gasteiger partial charge in [0, 0.05) is 12.8 Å². The Balaban J connectivity index is 4.06. The number of rotatable bonds is 69. The number of carboxylic acid groups (broad SMARTS) is 1. The van der Waals surface area contributed by atoms with Gasteiger partial charge in [0.15, 0.2) is 12.4 Å². The van der Waals surface area contributed by atoms with Gasteiger partial charge in [0.05, 0.1) is 40.3 Å². The van der Waals surface area contributed by atoms with Gasteiger partial charge in [0.1, 0.15) is 13.2 Å². The maximum absolute atomic E-state index is 13.0. The monoisotopic (exact) mass is 1240 g/mol. The predicted octanol–water partition coefficient (Wildman–Crippen LogP) is 22.3. The highest BCUT2D eigenvalue weighted by Gasteiger charge is 2.22. The largest absolute Gasteiger partial charge is 0.545 e. The summed E-state index contributed by atoms with van der Waals surface area (Å²) in [5, 5.41) is 11.8. The Morgan fingerprint density at radius 1 is 0.348 bits per heavy atom. The van der Waals surface area contributed by atoms with Crippen LogP contribution >= 0.6 is 0 Å². The van der Waals surface area contributed by atoms with Crippen molar-refractivity contribution >= 4 is 17.9 Å². The van der Waals surface area contributed by atoms with Crippen LogP contribution < -0.4 is 5.11 Å². The number of esters is 2. The normalized spacial score (nSPS) is 13.2. The lowest BCUT2D eigenvalue weighted by molar-refractivity contribution is -0.870. The fraction of sp³-hybridized carbons (Fsp3) is 0.762. The van der Waals surface area contributed by atoms with E-state index in [1.165, 1.54) is 218 Å². The molecule has 2 unspecified atom stereocenters. The highest BCUT2D eigenvalue weighted by Crippen LogP contribution is 2.18. The second kappa shape index (κ2) is 70.1. The smallest absolute Gasteiger partial charge is 0.306 e. The van der Waals surface area contributed by atoms with E-state index >= 15 is 0 Å². The van der Waals surface area contributed by atoms with Crippen molar-refractivity contribution in [1.29, 1.82) is 0 Å². The number of likely N-dealkylation sites (N-methyl/N-ethyl adjacent to an activating group) is 1. The first-order valence-electron chi connectivity index (χ1n) is 37.4. The van der Waals surface area contributed by atoms with Crippen LogP contribution in [-0.4, -0.2) is 82.3 Å². The molecule has 9 nitrogen and oxygen atoms in total. The average Bonchev–Trinajstić information content (AvgIpc) is 3.64. The number of quaternary nitrogens is 1. The zero-order valence-corrected chi connectivity index (χ0v) is 58.8. The third kappa shape index (κ3) is 71.5. The zero-order valence-electron chi connectivity index (χ0n) is 58.8. The van der Waals surface area contributed by atoms with Crippen LogP contribution in [0.3, 0.4) is 0 Å². The van der Waals surface area contributed by atoms with Crippen LogP contribution in [0.15, 0.2) is 97.2 Å². The number of carboxylic acids is 1. The van der Waals surface area contributed by atoms with Crippen molar-refractivity contribution in [2.75, 3.05) is 47.5 Å². The lowest BCUT2D eigenvalue weighted by Gasteiger charge is -2.26. The molecular weight excluding hydrogens is 1100 g/mol. The van der Waals surface area contributed by atoms with Crippen LogP contribution in [0.5, 0.6) is 0 Å². The molecule has 0 aliphatic rings. The van der Waals surface area contributed by atoms with Crippen LogP contribution in [-0.2, 0) is 33.3 Å². The Morgan fingerprint density at radius 2 is 0.640 bits per heavy atom. The molecule has 9 heteroatoms. The van der Waals surface area contributed by atoms with Gasteiger partial charge in [-0.25, -0.2) is 0 Å². The zero-order chi connectivity index (χ0) is 64.7. The van der Waals surface area contributed by atoms with E-state index in [1.807, 2.05) is 21.1 Å². The van der Waals surface area contributed by atoms with E-state index in [4.69, 9.17) is 18.9 Å². The Morgan fingerprint density at radius 3 is 0.955 bits per heavy atom. The fourth-order valence-corrected chi connectivity index (χ4v) is 10.6. The van der Waals surface area contributed by atoms with Gasteiger partial charge in [-0.1, -0.05) is 323 Å². The molecule has 0 spiro atoms. The Kier molecular flexibility index (Phi) is 67.1. The Hall–Kier alpha value is -3.79. The molecule has 0 aromatic heterocycles. The molecule has 514 valence electrons. The van der Waals surface area contributed by atoms with Crippen LogP contribution in [0.2, 0.25) is 0 Å². The minimum absolute atomic E-state index is 0.146. The predicted molar refractivity (Wildman–Crippen MR) is 380 cm³/mol. The standard InChI is InChI=1S/C80H141NO8/c1-6-8-10-12-14-16-18-20-22-24-26-28-30-32-34-36-38-39-41-42-44-46-48-50-52-54-56-58-60-62-64-66-68-70-77(82)87-74-76(75-88-80(79(84)85)86-73-72-81(3,4)5)89-78(83)71-69-67-65-63-61-59-57-55-53-51-49-47-45-43-40-37-35-33-31-29-27-25-23-21-19-17-15-13-11-9-7-2/h9,11,15,17-18,20-21,23-24,26-27,29-30,32-33,35,76,80H,6-8,10,12-14,16,19,22,25,28,31,34,36-75H2,1-5H3/b11-9-,17-15-,20-18-,23-21-,26-24-,29-27-,32-30-,35-33-. The summed E-state index contributed by atoms with van der Waals surface area (Å²) in [6.07, 6.45) is 93.6. The minimum atomic E-state index is -1.63. The van der Waals surface area contributed by atoms with Gasteiger partial charge in [0.25, 0.3) is 0 Å². The number of carbonyl (C=O) groups excluding carboxylic acids is 3. The highest BCUT2D eigenvalue weighted by atomic mass is 16.7. The van der Waals surface area contributed by atoms with Crippen molar-refractivity contribution in [1.82, 2.24) is 0 Å². The van der Waals surface area contributed by atoms with Crippen LogP contribution in [0.1, 0.15) is 335 Å². The molecule has 89 heavy (non-hydrogen) atoms. The van der Waals surface area contributed by atoms with Crippen molar-refractivity contribution < 1.29 is 42.9 Å². The lowest BCUT2D eigenvalue weighted by Crippen LogP contribution is -2.44. The van der Waals surface area contributed by atoms with Gasteiger partial charge in [-0.15, -0.1) is 0 Å². The molecule has 0 heterocycles. The Bertz CT molecular complexity index is 1790. The molecule has 0 N–H and O–H groups in total. The number of ether oxygens (including phenoxy) is 4. The van der Waals surface area contributed by atoms with Gasteiger partial charge in [0.2, 0.25) is 0 Å². The van der Waals surface area contributed by atoms with E-state index in [-0.39, 0.29) is 32.2 Å². The highest BCUT2D eigenvalue weighted by molar-refractivity contribution is 5.70. The molecule has 0 saturated heterocycles. The van der Waals surface area contributed by atoms with Crippen LogP contribution in [0.4, 0.5) is 0 Å². The van der Waals surface area contributed by atoms with Gasteiger partial charge in [-0.05, 0) is 96.3 Å². The first-order chi connectivity index (χ1) is 43.6. The molecular formula is C80H141NO8. The summed E-state index contributed by atoms with van der Waals surface area (Å²) in [6.45, 7) is 4.66. The van der Waals surface area contributed by atoms with E-state index in [1.54, 1.807) is 0 Å². The second-order valence-electron chi connectivity index (χ2n) is 26.2. The maximum Gasteiger partial charge on any atom is 0.306 e. The van der Waals surface area contributed by atoms with Crippen molar-refractivity contribution in [2.24, 2.45) is 0 Å². The number of hydrogen-bond donors (Lipinski definition) is 0. The summed E-state index contributed by atoms with van der Waals surface area (Å²) in [7, 11) is 5.94. The number of hydrogen-bond acceptors (Lipinski definition) is 8. The molecule has 0 aromatic carbocycles. The first-order valence-corrected chi connectivity index (χ1v) is 37.4. The van der Waals surface area contributed by atoms with E-state index in [9.17, 15) is 19.5 Å². The molecule has 0 aromatic rings. The molecule has 0 bridgehead atoms. The molecule has 0 fully saturated rings. The molecule has 0 aliphatic carbocycles. The van der Waals surface area contributed by atoms with Crippen LogP contribution in [0.25, 0.3) is 0 Å². The fourth-order valence-electron chi connectivity index (χ4n) is 10.6.